The molecule has 0 radical (unpaired) electrons. The lowest BCUT2D eigenvalue weighted by atomic mass is 9.86. The fourth-order valence-corrected chi connectivity index (χ4v) is 2.56. The molecule has 2 atom stereocenters. The molecule has 0 fully saturated rings. The van der Waals surface area contributed by atoms with Crippen LogP contribution in [0, 0.1) is 0 Å². The van der Waals surface area contributed by atoms with Crippen molar-refractivity contribution in [3.05, 3.63) is 35.4 Å². The lowest BCUT2D eigenvalue weighted by Gasteiger charge is -2.31. The second-order valence-electron chi connectivity index (χ2n) is 4.55. The smallest absolute Gasteiger partial charge is 0.105 e. The zero-order chi connectivity index (χ0) is 11.6. The molecule has 0 saturated heterocycles. The van der Waals surface area contributed by atoms with Crippen LogP contribution in [0.5, 0.6) is 0 Å². The molecule has 1 aliphatic carbocycles. The van der Waals surface area contributed by atoms with Crippen molar-refractivity contribution in [3.63, 3.8) is 0 Å². The molecule has 88 valence electrons. The summed E-state index contributed by atoms with van der Waals surface area (Å²) >= 11 is 0. The van der Waals surface area contributed by atoms with E-state index >= 15 is 0 Å². The van der Waals surface area contributed by atoms with Crippen LogP contribution in [0.4, 0.5) is 0 Å². The quantitative estimate of drug-likeness (QED) is 0.708. The molecule has 0 aromatic heterocycles. The van der Waals surface area contributed by atoms with Crippen LogP contribution < -0.4 is 5.73 Å². The van der Waals surface area contributed by atoms with Crippen LogP contribution in [-0.2, 0) is 12.0 Å². The lowest BCUT2D eigenvalue weighted by Crippen LogP contribution is -2.44. The average molecular weight is 221 g/mol. The predicted octanol–water partition coefficient (Wildman–Crippen LogP) is 0.920. The zero-order valence-electron chi connectivity index (χ0n) is 9.39. The summed E-state index contributed by atoms with van der Waals surface area (Å²) < 4.78 is 0. The average Bonchev–Trinajstić information content (AvgIpc) is 2.66. The highest BCUT2D eigenvalue weighted by molar-refractivity contribution is 5.38. The van der Waals surface area contributed by atoms with Gasteiger partial charge in [0.05, 0.1) is 0 Å². The molecule has 16 heavy (non-hydrogen) atoms. The SMILES string of the molecule is NC(CCCO)C1(O)CCc2ccccc21. The standard InChI is InChI=1S/C13H19NO2/c14-12(6-3-9-15)13(16)8-7-10-4-1-2-5-11(10)13/h1-2,4-5,12,15-16H,3,6-9,14H2. The number of nitrogens with two attached hydrogens (primary N) is 1. The second-order valence-corrected chi connectivity index (χ2v) is 4.55. The number of aryl methyl sites for hydroxylation is 1. The van der Waals surface area contributed by atoms with Crippen LogP contribution in [0.1, 0.15) is 30.4 Å². The Kier molecular flexibility index (Phi) is 3.28. The minimum atomic E-state index is -0.897. The molecule has 1 aromatic carbocycles. The fraction of sp³-hybridized carbons (Fsp3) is 0.538. The van der Waals surface area contributed by atoms with Gasteiger partial charge < -0.3 is 15.9 Å². The summed E-state index contributed by atoms with van der Waals surface area (Å²) in [6.45, 7) is 0.130. The number of benzene rings is 1. The minimum absolute atomic E-state index is 0.130. The fourth-order valence-electron chi connectivity index (χ4n) is 2.56. The Balaban J connectivity index is 2.20. The highest BCUT2D eigenvalue weighted by Gasteiger charge is 2.41. The first kappa shape index (κ1) is 11.6. The molecule has 1 aliphatic rings. The van der Waals surface area contributed by atoms with Crippen molar-refractivity contribution in [3.8, 4) is 0 Å². The van der Waals surface area contributed by atoms with E-state index < -0.39 is 5.60 Å². The molecule has 0 heterocycles. The van der Waals surface area contributed by atoms with Crippen molar-refractivity contribution in [2.75, 3.05) is 6.61 Å². The van der Waals surface area contributed by atoms with Crippen molar-refractivity contribution in [1.29, 1.82) is 0 Å². The molecule has 1 aromatic rings. The van der Waals surface area contributed by atoms with Crippen LogP contribution in [0.2, 0.25) is 0 Å². The van der Waals surface area contributed by atoms with Gasteiger partial charge in [0.25, 0.3) is 0 Å². The van der Waals surface area contributed by atoms with Crippen molar-refractivity contribution >= 4 is 0 Å². The van der Waals surface area contributed by atoms with Gasteiger partial charge in [0.15, 0.2) is 0 Å². The van der Waals surface area contributed by atoms with E-state index in [0.29, 0.717) is 19.3 Å². The normalized spacial score (nSPS) is 25.4. The Morgan fingerprint density at radius 3 is 2.88 bits per heavy atom. The number of fused-ring (bicyclic) bond motifs is 1. The first-order valence-electron chi connectivity index (χ1n) is 5.85. The van der Waals surface area contributed by atoms with Gasteiger partial charge in [-0.3, -0.25) is 0 Å². The number of hydrogen-bond acceptors (Lipinski definition) is 3. The minimum Gasteiger partial charge on any atom is -0.396 e. The molecule has 0 bridgehead atoms. The van der Waals surface area contributed by atoms with E-state index in [2.05, 4.69) is 0 Å². The van der Waals surface area contributed by atoms with E-state index in [1.165, 1.54) is 5.56 Å². The van der Waals surface area contributed by atoms with Gasteiger partial charge in [-0.25, -0.2) is 0 Å². The molecule has 0 spiro atoms. The molecular weight excluding hydrogens is 202 g/mol. The molecule has 2 unspecified atom stereocenters. The van der Waals surface area contributed by atoms with Gasteiger partial charge in [-0.15, -0.1) is 0 Å². The van der Waals surface area contributed by atoms with Crippen molar-refractivity contribution in [2.45, 2.75) is 37.3 Å². The van der Waals surface area contributed by atoms with Gasteiger partial charge in [0.1, 0.15) is 5.60 Å². The Labute approximate surface area is 95.9 Å². The first-order chi connectivity index (χ1) is 7.68. The van der Waals surface area contributed by atoms with E-state index in [0.717, 1.165) is 12.0 Å². The summed E-state index contributed by atoms with van der Waals surface area (Å²) in [6.07, 6.45) is 2.88. The Hall–Kier alpha value is -0.900. The summed E-state index contributed by atoms with van der Waals surface area (Å²) in [4.78, 5) is 0. The first-order valence-corrected chi connectivity index (χ1v) is 5.85. The van der Waals surface area contributed by atoms with Crippen molar-refractivity contribution < 1.29 is 10.2 Å². The lowest BCUT2D eigenvalue weighted by molar-refractivity contribution is 0.00693. The Morgan fingerprint density at radius 1 is 1.38 bits per heavy atom. The summed E-state index contributed by atoms with van der Waals surface area (Å²) in [5, 5.41) is 19.4. The molecule has 0 aliphatic heterocycles. The summed E-state index contributed by atoms with van der Waals surface area (Å²) in [7, 11) is 0. The maximum Gasteiger partial charge on any atom is 0.105 e. The second kappa shape index (κ2) is 4.53. The maximum absolute atomic E-state index is 10.6. The highest BCUT2D eigenvalue weighted by atomic mass is 16.3. The third-order valence-electron chi connectivity index (χ3n) is 3.55. The summed E-state index contributed by atoms with van der Waals surface area (Å²) in [5.74, 6) is 0. The molecule has 4 N–H and O–H groups in total. The van der Waals surface area contributed by atoms with Crippen LogP contribution in [0.25, 0.3) is 0 Å². The van der Waals surface area contributed by atoms with Gasteiger partial charge >= 0.3 is 0 Å². The number of hydrogen-bond donors (Lipinski definition) is 3. The summed E-state index contributed by atoms with van der Waals surface area (Å²) in [5.41, 5.74) is 7.33. The van der Waals surface area contributed by atoms with Gasteiger partial charge in [-0.2, -0.15) is 0 Å². The van der Waals surface area contributed by atoms with E-state index in [1.54, 1.807) is 0 Å². The Bertz CT molecular complexity index is 367. The predicted molar refractivity (Wildman–Crippen MR) is 63.0 cm³/mol. The van der Waals surface area contributed by atoms with E-state index in [1.807, 2.05) is 24.3 Å². The van der Waals surface area contributed by atoms with Crippen LogP contribution >= 0.6 is 0 Å². The third-order valence-corrected chi connectivity index (χ3v) is 3.55. The molecular formula is C13H19NO2. The van der Waals surface area contributed by atoms with Crippen LogP contribution in [0.15, 0.2) is 24.3 Å². The van der Waals surface area contributed by atoms with Gasteiger partial charge in [-0.05, 0) is 36.8 Å². The zero-order valence-corrected chi connectivity index (χ0v) is 9.39. The van der Waals surface area contributed by atoms with Crippen LogP contribution in [0.3, 0.4) is 0 Å². The van der Waals surface area contributed by atoms with Crippen molar-refractivity contribution in [2.24, 2.45) is 5.73 Å². The monoisotopic (exact) mass is 221 g/mol. The van der Waals surface area contributed by atoms with Crippen molar-refractivity contribution in [1.82, 2.24) is 0 Å². The number of rotatable bonds is 4. The Morgan fingerprint density at radius 2 is 2.12 bits per heavy atom. The van der Waals surface area contributed by atoms with Gasteiger partial charge in [-0.1, -0.05) is 24.3 Å². The topological polar surface area (TPSA) is 66.5 Å². The molecule has 3 heteroatoms. The highest BCUT2D eigenvalue weighted by Crippen LogP contribution is 2.39. The molecule has 3 nitrogen and oxygen atoms in total. The third kappa shape index (κ3) is 1.86. The van der Waals surface area contributed by atoms with E-state index in [-0.39, 0.29) is 12.6 Å². The molecule has 2 rings (SSSR count). The summed E-state index contributed by atoms with van der Waals surface area (Å²) in [6, 6.07) is 7.65. The van der Waals surface area contributed by atoms with Gasteiger partial charge in [0.2, 0.25) is 0 Å². The molecule has 0 amide bonds. The van der Waals surface area contributed by atoms with Crippen LogP contribution in [-0.4, -0.2) is 22.9 Å². The van der Waals surface area contributed by atoms with E-state index in [4.69, 9.17) is 10.8 Å². The number of aliphatic hydroxyl groups excluding tert-OH is 1. The number of aliphatic hydroxyl groups is 2. The maximum atomic E-state index is 10.6. The van der Waals surface area contributed by atoms with E-state index in [9.17, 15) is 5.11 Å². The van der Waals surface area contributed by atoms with Gasteiger partial charge in [0, 0.05) is 12.6 Å². The largest absolute Gasteiger partial charge is 0.396 e. The molecule has 0 saturated carbocycles.